The van der Waals surface area contributed by atoms with Crippen molar-refractivity contribution in [2.75, 3.05) is 26.7 Å². The molecule has 2 aliphatic rings. The van der Waals surface area contributed by atoms with Gasteiger partial charge in [0.05, 0.1) is 11.6 Å². The Morgan fingerprint density at radius 2 is 1.86 bits per heavy atom. The molecule has 0 radical (unpaired) electrons. The molecule has 36 heavy (non-hydrogen) atoms. The first kappa shape index (κ1) is 25.6. The van der Waals surface area contributed by atoms with Crippen LogP contribution in [0.1, 0.15) is 48.8 Å². The standard InChI is InChI=1S/C14H21N3O.C12H14N4O2/c1-16-13-7-6-12(9-17-14(13)18)11-4-2-10(8-15)3-5-11;17-8-15-6-3-9(4-7-15)16-10-2-1-5-13-11(10)14-12(16)18/h2-5,12-13,16H,6-9,15H2,1H3,(H,17,18);1-2,5,8-9H,3-4,6-7H2,(H,13,14,18). The minimum absolute atomic E-state index is 0.0571. The van der Waals surface area contributed by atoms with Gasteiger partial charge in [0.15, 0.2) is 5.65 Å². The normalized spacial score (nSPS) is 20.8. The van der Waals surface area contributed by atoms with Crippen LogP contribution in [0.15, 0.2) is 47.4 Å². The Morgan fingerprint density at radius 3 is 2.53 bits per heavy atom. The van der Waals surface area contributed by atoms with Crippen LogP contribution >= 0.6 is 0 Å². The van der Waals surface area contributed by atoms with Crippen molar-refractivity contribution < 1.29 is 9.59 Å². The highest BCUT2D eigenvalue weighted by Crippen LogP contribution is 2.25. The number of amides is 2. The summed E-state index contributed by atoms with van der Waals surface area (Å²) in [4.78, 5) is 43.0. The Morgan fingerprint density at radius 1 is 1.11 bits per heavy atom. The van der Waals surface area contributed by atoms with Gasteiger partial charge in [0, 0.05) is 44.3 Å². The number of fused-ring (bicyclic) bond motifs is 1. The fraction of sp³-hybridized carbons (Fsp3) is 0.462. The number of likely N-dealkylation sites (tertiary alicyclic amines) is 1. The molecule has 10 nitrogen and oxygen atoms in total. The van der Waals surface area contributed by atoms with Crippen LogP contribution in [0.5, 0.6) is 0 Å². The smallest absolute Gasteiger partial charge is 0.327 e. The number of aromatic nitrogens is 3. The number of hydrogen-bond donors (Lipinski definition) is 4. The summed E-state index contributed by atoms with van der Waals surface area (Å²) in [5.74, 6) is 0.512. The summed E-state index contributed by atoms with van der Waals surface area (Å²) in [6, 6.07) is 12.2. The van der Waals surface area contributed by atoms with Gasteiger partial charge in [0.25, 0.3) is 0 Å². The summed E-state index contributed by atoms with van der Waals surface area (Å²) in [7, 11) is 1.83. The van der Waals surface area contributed by atoms with E-state index in [0.29, 0.717) is 31.2 Å². The van der Waals surface area contributed by atoms with Crippen molar-refractivity contribution in [3.05, 3.63) is 64.2 Å². The average Bonchev–Trinajstić information content (AvgIpc) is 3.14. The first-order valence-electron chi connectivity index (χ1n) is 12.5. The maximum absolute atomic E-state index is 12.0. The Balaban J connectivity index is 0.000000169. The molecule has 2 amide bonds. The van der Waals surface area contributed by atoms with Crippen molar-refractivity contribution in [3.63, 3.8) is 0 Å². The van der Waals surface area contributed by atoms with E-state index in [1.54, 1.807) is 15.7 Å². The van der Waals surface area contributed by atoms with Crippen LogP contribution in [-0.2, 0) is 16.1 Å². The lowest BCUT2D eigenvalue weighted by atomic mass is 9.93. The quantitative estimate of drug-likeness (QED) is 0.395. The molecule has 4 heterocycles. The van der Waals surface area contributed by atoms with Gasteiger partial charge in [-0.3, -0.25) is 19.1 Å². The van der Waals surface area contributed by atoms with Crippen LogP contribution in [0.2, 0.25) is 0 Å². The van der Waals surface area contributed by atoms with Gasteiger partial charge < -0.3 is 21.3 Å². The van der Waals surface area contributed by atoms with E-state index in [1.807, 2.05) is 19.2 Å². The van der Waals surface area contributed by atoms with Gasteiger partial charge in [-0.15, -0.1) is 0 Å². The summed E-state index contributed by atoms with van der Waals surface area (Å²) in [5.41, 5.74) is 9.37. The first-order valence-corrected chi connectivity index (χ1v) is 12.5. The first-order chi connectivity index (χ1) is 17.5. The summed E-state index contributed by atoms with van der Waals surface area (Å²) < 4.78 is 1.77. The zero-order valence-corrected chi connectivity index (χ0v) is 20.7. The van der Waals surface area contributed by atoms with Crippen LogP contribution in [0.4, 0.5) is 0 Å². The zero-order valence-electron chi connectivity index (χ0n) is 20.7. The second kappa shape index (κ2) is 12.0. The molecule has 0 spiro atoms. The molecule has 10 heteroatoms. The Kier molecular flexibility index (Phi) is 8.50. The van der Waals surface area contributed by atoms with Crippen LogP contribution in [0, 0.1) is 0 Å². The Hall–Kier alpha value is -3.50. The van der Waals surface area contributed by atoms with Crippen molar-refractivity contribution >= 4 is 23.5 Å². The molecule has 2 atom stereocenters. The lowest BCUT2D eigenvalue weighted by Crippen LogP contribution is -2.41. The molecule has 5 N–H and O–H groups in total. The maximum atomic E-state index is 12.0. The van der Waals surface area contributed by atoms with E-state index in [0.717, 1.165) is 49.7 Å². The number of hydrogen-bond acceptors (Lipinski definition) is 6. The predicted molar refractivity (Wildman–Crippen MR) is 138 cm³/mol. The number of benzene rings is 1. The third-order valence-electron chi connectivity index (χ3n) is 7.18. The number of pyridine rings is 1. The molecule has 2 unspecified atom stereocenters. The van der Waals surface area contributed by atoms with Gasteiger partial charge in [-0.05, 0) is 56.0 Å². The van der Waals surface area contributed by atoms with Gasteiger partial charge in [-0.1, -0.05) is 24.3 Å². The third-order valence-corrected chi connectivity index (χ3v) is 7.18. The zero-order chi connectivity index (χ0) is 25.5. The van der Waals surface area contributed by atoms with E-state index < -0.39 is 0 Å². The van der Waals surface area contributed by atoms with E-state index in [-0.39, 0.29) is 23.7 Å². The second-order valence-corrected chi connectivity index (χ2v) is 9.35. The van der Waals surface area contributed by atoms with E-state index in [2.05, 4.69) is 44.9 Å². The van der Waals surface area contributed by atoms with E-state index in [4.69, 9.17) is 5.73 Å². The molecule has 0 aliphatic carbocycles. The topological polar surface area (TPSA) is 138 Å². The summed E-state index contributed by atoms with van der Waals surface area (Å²) >= 11 is 0. The van der Waals surface area contributed by atoms with Crippen molar-refractivity contribution in [1.82, 2.24) is 30.1 Å². The van der Waals surface area contributed by atoms with Gasteiger partial charge in [0.2, 0.25) is 12.3 Å². The van der Waals surface area contributed by atoms with E-state index in [9.17, 15) is 14.4 Å². The van der Waals surface area contributed by atoms with E-state index in [1.165, 1.54) is 5.56 Å². The number of imidazole rings is 1. The largest absolute Gasteiger partial charge is 0.354 e. The number of rotatable bonds is 5. The minimum Gasteiger partial charge on any atom is -0.354 e. The molecule has 2 aromatic heterocycles. The van der Waals surface area contributed by atoms with Crippen molar-refractivity contribution in [1.29, 1.82) is 0 Å². The SMILES string of the molecule is CNC1CCC(c2ccc(CN)cc2)CNC1=O.O=CN1CCC(n2c(=O)[nH]c3ncccc32)CC1. The summed E-state index contributed by atoms with van der Waals surface area (Å²) in [6.45, 7) is 2.70. The van der Waals surface area contributed by atoms with Crippen molar-refractivity contribution in [2.24, 2.45) is 5.73 Å². The Labute approximate surface area is 210 Å². The third kappa shape index (κ3) is 5.83. The average molecular weight is 494 g/mol. The number of aromatic amines is 1. The number of piperidine rings is 1. The van der Waals surface area contributed by atoms with Crippen LogP contribution in [0.3, 0.4) is 0 Å². The van der Waals surface area contributed by atoms with Gasteiger partial charge in [0.1, 0.15) is 0 Å². The van der Waals surface area contributed by atoms with Crippen molar-refractivity contribution in [3.8, 4) is 0 Å². The molecule has 2 fully saturated rings. The van der Waals surface area contributed by atoms with E-state index >= 15 is 0 Å². The van der Waals surface area contributed by atoms with Crippen molar-refractivity contribution in [2.45, 2.75) is 50.2 Å². The highest BCUT2D eigenvalue weighted by molar-refractivity contribution is 5.82. The molecule has 0 saturated carbocycles. The molecule has 192 valence electrons. The highest BCUT2D eigenvalue weighted by Gasteiger charge is 2.25. The highest BCUT2D eigenvalue weighted by atomic mass is 16.2. The number of carbonyl (C=O) groups is 2. The molecule has 5 rings (SSSR count). The predicted octanol–water partition coefficient (Wildman–Crippen LogP) is 1.24. The number of H-pyrrole nitrogens is 1. The lowest BCUT2D eigenvalue weighted by molar-refractivity contribution is -0.122. The summed E-state index contributed by atoms with van der Waals surface area (Å²) in [6.07, 6.45) is 6.05. The molecule has 2 saturated heterocycles. The minimum atomic E-state index is -0.117. The van der Waals surface area contributed by atoms with Gasteiger partial charge >= 0.3 is 5.69 Å². The number of nitrogens with one attached hydrogen (secondary N) is 3. The second-order valence-electron chi connectivity index (χ2n) is 9.35. The van der Waals surface area contributed by atoms with Gasteiger partial charge in [-0.2, -0.15) is 0 Å². The Bertz CT molecular complexity index is 1210. The van der Waals surface area contributed by atoms with Crippen LogP contribution in [-0.4, -0.2) is 64.5 Å². The molecule has 1 aromatic carbocycles. The number of nitrogens with zero attached hydrogens (tertiary/aromatic N) is 3. The summed E-state index contributed by atoms with van der Waals surface area (Å²) in [5, 5.41) is 6.05. The number of carbonyl (C=O) groups excluding carboxylic acids is 2. The van der Waals surface area contributed by atoms with Crippen LogP contribution in [0.25, 0.3) is 11.2 Å². The number of nitrogens with two attached hydrogens (primary N) is 1. The fourth-order valence-corrected chi connectivity index (χ4v) is 5.00. The van der Waals surface area contributed by atoms with Crippen LogP contribution < -0.4 is 22.1 Å². The lowest BCUT2D eigenvalue weighted by Gasteiger charge is -2.29. The fourth-order valence-electron chi connectivity index (χ4n) is 5.00. The molecule has 0 bridgehead atoms. The molecular formula is C26H35N7O3. The maximum Gasteiger partial charge on any atom is 0.327 e. The molecule has 2 aliphatic heterocycles. The molecular weight excluding hydrogens is 458 g/mol. The van der Waals surface area contributed by atoms with Gasteiger partial charge in [-0.25, -0.2) is 9.78 Å². The monoisotopic (exact) mass is 493 g/mol. The molecule has 3 aromatic rings. The number of likely N-dealkylation sites (N-methyl/N-ethyl adjacent to an activating group) is 1.